The molecule has 4 aromatic rings. The number of alkyl halides is 15. The number of hydrogen-bond donors (Lipinski definition) is 1. The number of rotatable bonds is 17. The van der Waals surface area contributed by atoms with E-state index in [-0.39, 0.29) is 13.0 Å². The molecule has 1 N–H and O–H groups in total. The van der Waals surface area contributed by atoms with Gasteiger partial charge in [-0.05, 0) is 84.3 Å². The predicted molar refractivity (Wildman–Crippen MR) is 177 cm³/mol. The average molecular weight is 834 g/mol. The van der Waals surface area contributed by atoms with Gasteiger partial charge >= 0.3 is 47.7 Å². The number of ether oxygens (including phenoxy) is 1. The lowest BCUT2D eigenvalue weighted by atomic mass is 9.91. The number of nitrogens with zero attached hydrogens (tertiary/aromatic N) is 1. The van der Waals surface area contributed by atoms with E-state index in [1.807, 2.05) is 83.8 Å². The first kappa shape index (κ1) is 44.8. The lowest BCUT2D eigenvalue weighted by Crippen LogP contribution is -2.73. The maximum Gasteiger partial charge on any atom is 0.460 e. The summed E-state index contributed by atoms with van der Waals surface area (Å²) in [4.78, 5) is 13.6. The largest absolute Gasteiger partial charge is 0.461 e. The summed E-state index contributed by atoms with van der Waals surface area (Å²) in [6.45, 7) is -1.27. The van der Waals surface area contributed by atoms with Gasteiger partial charge in [0.2, 0.25) is 0 Å². The van der Waals surface area contributed by atoms with Crippen LogP contribution in [0.2, 0.25) is 0 Å². The van der Waals surface area contributed by atoms with Gasteiger partial charge < -0.3 is 14.7 Å². The Kier molecular flexibility index (Phi) is 13.0. The summed E-state index contributed by atoms with van der Waals surface area (Å²) in [5.74, 6) is -52.2. The second kappa shape index (κ2) is 16.5. The topological polar surface area (TPSA) is 49.8 Å². The molecule has 4 aromatic carbocycles. The van der Waals surface area contributed by atoms with Gasteiger partial charge in [-0.15, -0.1) is 0 Å². The molecule has 0 aliphatic rings. The van der Waals surface area contributed by atoms with Crippen LogP contribution < -0.4 is 4.90 Å². The van der Waals surface area contributed by atoms with Gasteiger partial charge in [0.15, 0.2) is 0 Å². The van der Waals surface area contributed by atoms with Crippen molar-refractivity contribution in [1.82, 2.24) is 0 Å². The van der Waals surface area contributed by atoms with E-state index >= 15 is 0 Å². The van der Waals surface area contributed by atoms with Gasteiger partial charge in [-0.1, -0.05) is 66.7 Å². The van der Waals surface area contributed by atoms with Crippen molar-refractivity contribution >= 4 is 23.0 Å². The highest BCUT2D eigenvalue weighted by Crippen LogP contribution is 2.62. The van der Waals surface area contributed by atoms with Crippen LogP contribution in [0.5, 0.6) is 0 Å². The number of aryl methyl sites for hydroxylation is 2. The predicted octanol–water partition coefficient (Wildman–Crippen LogP) is 11.6. The van der Waals surface area contributed by atoms with Crippen LogP contribution in [0.3, 0.4) is 0 Å². The summed E-state index contributed by atoms with van der Waals surface area (Å²) in [5.41, 5.74) is 5.29. The highest BCUT2D eigenvalue weighted by Gasteiger charge is 2.94. The van der Waals surface area contributed by atoms with Crippen LogP contribution in [0.25, 0.3) is 11.1 Å². The molecular formula is C38H30F15NO3. The lowest BCUT2D eigenvalue weighted by Gasteiger charge is -2.40. The maximum atomic E-state index is 14.2. The molecule has 0 aliphatic carbocycles. The van der Waals surface area contributed by atoms with Crippen LogP contribution in [-0.4, -0.2) is 66.0 Å². The molecule has 0 spiro atoms. The van der Waals surface area contributed by atoms with Crippen molar-refractivity contribution in [3.8, 4) is 11.1 Å². The number of aliphatic hydroxyl groups is 1. The minimum atomic E-state index is -8.50. The first-order chi connectivity index (χ1) is 26.3. The first-order valence-electron chi connectivity index (χ1n) is 16.6. The van der Waals surface area contributed by atoms with Crippen molar-refractivity contribution in [2.24, 2.45) is 0 Å². The molecule has 0 aromatic heterocycles. The van der Waals surface area contributed by atoms with E-state index in [2.05, 4.69) is 4.74 Å². The summed E-state index contributed by atoms with van der Waals surface area (Å²) < 4.78 is 205. The van der Waals surface area contributed by atoms with Gasteiger partial charge in [0, 0.05) is 23.7 Å². The van der Waals surface area contributed by atoms with Crippen molar-refractivity contribution < 1.29 is 80.5 Å². The molecule has 0 saturated carbocycles. The Morgan fingerprint density at radius 1 is 0.491 bits per heavy atom. The Labute approximate surface area is 314 Å². The summed E-state index contributed by atoms with van der Waals surface area (Å²) in [7, 11) is 0. The van der Waals surface area contributed by atoms with E-state index in [0.29, 0.717) is 29.8 Å². The van der Waals surface area contributed by atoms with Crippen molar-refractivity contribution in [3.63, 3.8) is 0 Å². The van der Waals surface area contributed by atoms with Crippen molar-refractivity contribution in [2.75, 3.05) is 18.1 Å². The number of aliphatic hydroxyl groups excluding tert-OH is 1. The zero-order valence-electron chi connectivity index (χ0n) is 28.9. The summed E-state index contributed by atoms with van der Waals surface area (Å²) in [5, 5.41) is 9.16. The standard InChI is InChI=1S/C38H30F15NO3/c39-32(40,33(41,42)34(43,44)35(45,46)36(47,48)37(49,50)38(51,52)53)31(56)57-23-5-7-25-12-18-29(19-13-25)54(28-16-10-24(11-17-28)6-4-22-55)30-20-14-27(15-21-30)26-8-2-1-3-9-26/h1-3,8-21,55H,4-7,22-23H2. The Bertz CT molecular complexity index is 1930. The van der Waals surface area contributed by atoms with Gasteiger partial charge in [-0.3, -0.25) is 0 Å². The Hall–Kier alpha value is -4.94. The summed E-state index contributed by atoms with van der Waals surface area (Å²) >= 11 is 0. The van der Waals surface area contributed by atoms with Crippen LogP contribution in [0.15, 0.2) is 103 Å². The monoisotopic (exact) mass is 833 g/mol. The zero-order chi connectivity index (χ0) is 42.7. The number of benzene rings is 4. The molecular weight excluding hydrogens is 803 g/mol. The molecule has 0 bridgehead atoms. The van der Waals surface area contributed by atoms with E-state index in [1.54, 1.807) is 12.1 Å². The van der Waals surface area contributed by atoms with Gasteiger partial charge in [-0.2, -0.15) is 65.9 Å². The minimum Gasteiger partial charge on any atom is -0.461 e. The molecule has 310 valence electrons. The molecule has 4 rings (SSSR count). The smallest absolute Gasteiger partial charge is 0.460 e. The number of halogens is 15. The van der Waals surface area contributed by atoms with Gasteiger partial charge in [0.25, 0.3) is 0 Å². The Balaban J connectivity index is 1.47. The first-order valence-corrected chi connectivity index (χ1v) is 16.6. The minimum absolute atomic E-state index is 0.00567. The molecule has 0 heterocycles. The van der Waals surface area contributed by atoms with Crippen molar-refractivity contribution in [1.29, 1.82) is 0 Å². The van der Waals surface area contributed by atoms with Crippen LogP contribution in [-0.2, 0) is 22.4 Å². The zero-order valence-corrected chi connectivity index (χ0v) is 28.9. The van der Waals surface area contributed by atoms with E-state index in [4.69, 9.17) is 5.11 Å². The quantitative estimate of drug-likeness (QED) is 0.0654. The van der Waals surface area contributed by atoms with E-state index < -0.39 is 60.7 Å². The molecule has 0 amide bonds. The molecule has 0 atom stereocenters. The van der Waals surface area contributed by atoms with Crippen molar-refractivity contribution in [2.45, 2.75) is 67.4 Å². The van der Waals surface area contributed by atoms with Gasteiger partial charge in [-0.25, -0.2) is 4.79 Å². The van der Waals surface area contributed by atoms with Gasteiger partial charge in [0.1, 0.15) is 0 Å². The molecule has 0 fully saturated rings. The number of carbonyl (C=O) groups excluding carboxylic acids is 1. The average Bonchev–Trinajstić information content (AvgIpc) is 3.16. The number of hydrogen-bond acceptors (Lipinski definition) is 4. The van der Waals surface area contributed by atoms with Crippen LogP contribution in [0.4, 0.5) is 82.9 Å². The maximum absolute atomic E-state index is 14.2. The normalized spacial score (nSPS) is 13.4. The highest BCUT2D eigenvalue weighted by molar-refractivity contribution is 5.80. The lowest BCUT2D eigenvalue weighted by molar-refractivity contribution is -0.450. The molecule has 57 heavy (non-hydrogen) atoms. The molecule has 0 aliphatic heterocycles. The molecule has 19 heteroatoms. The second-order valence-corrected chi connectivity index (χ2v) is 12.6. The fraction of sp³-hybridized carbons (Fsp3) is 0.342. The Morgan fingerprint density at radius 2 is 0.877 bits per heavy atom. The SMILES string of the molecule is O=C(OCCCc1ccc(N(c2ccc(CCCO)cc2)c2ccc(-c3ccccc3)cc2)cc1)C(F)(F)C(F)(F)C(F)(F)C(F)(F)C(F)(F)C(F)(F)C(F)(F)F. The van der Waals surface area contributed by atoms with E-state index in [1.165, 1.54) is 12.1 Å². The van der Waals surface area contributed by atoms with Gasteiger partial charge in [0.05, 0.1) is 6.61 Å². The van der Waals surface area contributed by atoms with E-state index in [0.717, 1.165) is 22.4 Å². The second-order valence-electron chi connectivity index (χ2n) is 12.6. The van der Waals surface area contributed by atoms with Crippen LogP contribution in [0, 0.1) is 0 Å². The highest BCUT2D eigenvalue weighted by atomic mass is 19.4. The number of esters is 1. The molecule has 4 nitrogen and oxygen atoms in total. The third-order valence-electron chi connectivity index (χ3n) is 8.67. The summed E-state index contributed by atoms with van der Waals surface area (Å²) in [6, 6.07) is 30.8. The fourth-order valence-electron chi connectivity index (χ4n) is 5.41. The van der Waals surface area contributed by atoms with E-state index in [9.17, 15) is 70.7 Å². The Morgan fingerprint density at radius 3 is 1.32 bits per heavy atom. The molecule has 0 radical (unpaired) electrons. The third kappa shape index (κ3) is 8.53. The van der Waals surface area contributed by atoms with Crippen LogP contribution in [0.1, 0.15) is 24.0 Å². The van der Waals surface area contributed by atoms with Crippen LogP contribution >= 0.6 is 0 Å². The fourth-order valence-corrected chi connectivity index (χ4v) is 5.41. The van der Waals surface area contributed by atoms with Crippen molar-refractivity contribution in [3.05, 3.63) is 114 Å². The number of anilines is 3. The third-order valence-corrected chi connectivity index (χ3v) is 8.67. The molecule has 0 unspecified atom stereocenters. The molecule has 0 saturated heterocycles. The number of carbonyl (C=O) groups is 1. The summed E-state index contributed by atoms with van der Waals surface area (Å²) in [6.07, 6.45) is -7.23.